The van der Waals surface area contributed by atoms with E-state index in [-0.39, 0.29) is 5.97 Å². The number of rotatable bonds is 3. The number of hydrogen-bond acceptors (Lipinski definition) is 3. The largest absolute Gasteiger partial charge is 0.460 e. The highest BCUT2D eigenvalue weighted by Gasteiger charge is 2.23. The summed E-state index contributed by atoms with van der Waals surface area (Å²) >= 11 is 0. The predicted octanol–water partition coefficient (Wildman–Crippen LogP) is 2.31. The summed E-state index contributed by atoms with van der Waals surface area (Å²) in [5.41, 5.74) is 0.519. The smallest absolute Gasteiger partial charge is 0.310 e. The monoisotopic (exact) mass is 212 g/mol. The lowest BCUT2D eigenvalue weighted by atomic mass is 9.97. The molecule has 0 aromatic heterocycles. The molecule has 1 rings (SSSR count). The molecule has 3 heteroatoms. The molecule has 86 valence electrons. The average molecular weight is 212 g/mol. The second-order valence-corrected chi connectivity index (χ2v) is 4.98. The van der Waals surface area contributed by atoms with E-state index in [1.54, 1.807) is 0 Å². The highest BCUT2D eigenvalue weighted by molar-refractivity contribution is 5.72. The van der Waals surface area contributed by atoms with E-state index >= 15 is 0 Å². The van der Waals surface area contributed by atoms with Crippen molar-refractivity contribution in [1.29, 1.82) is 0 Å². The third-order valence-corrected chi connectivity index (χ3v) is 2.30. The van der Waals surface area contributed by atoms with Crippen LogP contribution in [0, 0.1) is 5.92 Å². The maximum Gasteiger partial charge on any atom is 0.310 e. The topological polar surface area (TPSA) is 35.5 Å². The zero-order valence-electron chi connectivity index (χ0n) is 9.84. The summed E-state index contributed by atoms with van der Waals surface area (Å²) in [7, 11) is 0. The Hall–Kier alpha value is -0.830. The molecular formula is C12H20O3. The van der Waals surface area contributed by atoms with Crippen LogP contribution in [-0.4, -0.2) is 24.8 Å². The Kier molecular flexibility index (Phi) is 3.91. The Morgan fingerprint density at radius 1 is 1.53 bits per heavy atom. The molecule has 1 aliphatic rings. The molecule has 0 aliphatic carbocycles. The lowest BCUT2D eigenvalue weighted by Gasteiger charge is -2.20. The van der Waals surface area contributed by atoms with Crippen molar-refractivity contribution in [2.24, 2.45) is 5.92 Å². The van der Waals surface area contributed by atoms with Crippen molar-refractivity contribution >= 4 is 5.97 Å². The van der Waals surface area contributed by atoms with Gasteiger partial charge in [0.1, 0.15) is 5.60 Å². The van der Waals surface area contributed by atoms with E-state index in [1.165, 1.54) is 0 Å². The van der Waals surface area contributed by atoms with Crippen molar-refractivity contribution in [2.45, 2.75) is 39.2 Å². The number of hydrogen-bond donors (Lipinski definition) is 0. The average Bonchev–Trinajstić information content (AvgIpc) is 2.50. The maximum absolute atomic E-state index is 11.5. The molecule has 1 unspecified atom stereocenters. The molecule has 1 heterocycles. The van der Waals surface area contributed by atoms with Crippen LogP contribution < -0.4 is 0 Å². The zero-order valence-corrected chi connectivity index (χ0v) is 9.84. The van der Waals surface area contributed by atoms with Crippen LogP contribution in [0.4, 0.5) is 0 Å². The van der Waals surface area contributed by atoms with Crippen LogP contribution in [-0.2, 0) is 14.3 Å². The van der Waals surface area contributed by atoms with Gasteiger partial charge >= 0.3 is 5.97 Å². The Labute approximate surface area is 91.4 Å². The van der Waals surface area contributed by atoms with Gasteiger partial charge in [0.05, 0.1) is 13.0 Å². The van der Waals surface area contributed by atoms with E-state index < -0.39 is 5.60 Å². The predicted molar refractivity (Wildman–Crippen MR) is 58.5 cm³/mol. The number of carbonyl (C=O) groups excluding carboxylic acids is 1. The molecule has 15 heavy (non-hydrogen) atoms. The van der Waals surface area contributed by atoms with E-state index in [1.807, 2.05) is 20.8 Å². The van der Waals surface area contributed by atoms with E-state index in [0.29, 0.717) is 18.9 Å². The molecule has 0 aromatic carbocycles. The zero-order chi connectivity index (χ0) is 11.5. The first-order valence-corrected chi connectivity index (χ1v) is 5.36. The van der Waals surface area contributed by atoms with Crippen LogP contribution in [0.2, 0.25) is 0 Å². The van der Waals surface area contributed by atoms with Crippen LogP contribution in [0.15, 0.2) is 12.2 Å². The van der Waals surface area contributed by atoms with Crippen LogP contribution in [0.1, 0.15) is 33.6 Å². The fraction of sp³-hybridized carbons (Fsp3) is 0.750. The highest BCUT2D eigenvalue weighted by Crippen LogP contribution is 2.23. The van der Waals surface area contributed by atoms with Gasteiger partial charge in [-0.1, -0.05) is 12.2 Å². The molecule has 0 bridgehead atoms. The van der Waals surface area contributed by atoms with Gasteiger partial charge in [-0.05, 0) is 27.2 Å². The van der Waals surface area contributed by atoms with Crippen LogP contribution in [0.25, 0.3) is 0 Å². The molecular weight excluding hydrogens is 192 g/mol. The quantitative estimate of drug-likeness (QED) is 0.532. The fourth-order valence-electron chi connectivity index (χ4n) is 1.56. The van der Waals surface area contributed by atoms with Crippen molar-refractivity contribution in [3.05, 3.63) is 12.2 Å². The van der Waals surface area contributed by atoms with E-state index in [4.69, 9.17) is 9.47 Å². The van der Waals surface area contributed by atoms with Gasteiger partial charge in [-0.15, -0.1) is 0 Å². The minimum atomic E-state index is -0.413. The Balaban J connectivity index is 2.34. The van der Waals surface area contributed by atoms with Gasteiger partial charge in [0.2, 0.25) is 0 Å². The summed E-state index contributed by atoms with van der Waals surface area (Å²) in [4.78, 5) is 11.5. The molecule has 1 atom stereocenters. The Bertz CT molecular complexity index is 244. The molecule has 1 aliphatic heterocycles. The fourth-order valence-corrected chi connectivity index (χ4v) is 1.56. The van der Waals surface area contributed by atoms with Gasteiger partial charge in [0, 0.05) is 12.5 Å². The van der Waals surface area contributed by atoms with Crippen molar-refractivity contribution in [1.82, 2.24) is 0 Å². The normalized spacial score (nSPS) is 21.4. The van der Waals surface area contributed by atoms with Crippen molar-refractivity contribution in [3.8, 4) is 0 Å². The van der Waals surface area contributed by atoms with E-state index in [0.717, 1.165) is 18.6 Å². The van der Waals surface area contributed by atoms with Crippen molar-refractivity contribution in [2.75, 3.05) is 13.2 Å². The van der Waals surface area contributed by atoms with E-state index in [2.05, 4.69) is 6.58 Å². The maximum atomic E-state index is 11.5. The first-order chi connectivity index (χ1) is 6.88. The molecule has 1 fully saturated rings. The summed E-state index contributed by atoms with van der Waals surface area (Å²) in [6.07, 6.45) is 1.28. The van der Waals surface area contributed by atoms with Crippen LogP contribution in [0.3, 0.4) is 0 Å². The molecule has 3 nitrogen and oxygen atoms in total. The first-order valence-electron chi connectivity index (χ1n) is 5.36. The lowest BCUT2D eigenvalue weighted by molar-refractivity contribution is -0.154. The SMILES string of the molecule is C=C(CC(=O)OC(C)(C)C)C1CCOC1. The molecule has 0 N–H and O–H groups in total. The number of carbonyl (C=O) groups is 1. The Morgan fingerprint density at radius 2 is 2.20 bits per heavy atom. The summed E-state index contributed by atoms with van der Waals surface area (Å²) in [6.45, 7) is 11.0. The second-order valence-electron chi connectivity index (χ2n) is 4.98. The van der Waals surface area contributed by atoms with Gasteiger partial charge in [-0.25, -0.2) is 0 Å². The molecule has 0 radical (unpaired) electrons. The molecule has 0 aromatic rings. The van der Waals surface area contributed by atoms with Gasteiger partial charge in [-0.3, -0.25) is 4.79 Å². The summed E-state index contributed by atoms with van der Waals surface area (Å²) in [6, 6.07) is 0. The van der Waals surface area contributed by atoms with Gasteiger partial charge in [-0.2, -0.15) is 0 Å². The summed E-state index contributed by atoms with van der Waals surface area (Å²) < 4.78 is 10.5. The second kappa shape index (κ2) is 4.79. The summed E-state index contributed by atoms with van der Waals surface area (Å²) in [5, 5.41) is 0. The first kappa shape index (κ1) is 12.2. The Morgan fingerprint density at radius 3 is 2.67 bits per heavy atom. The third kappa shape index (κ3) is 4.47. The van der Waals surface area contributed by atoms with Crippen molar-refractivity contribution in [3.63, 3.8) is 0 Å². The van der Waals surface area contributed by atoms with Crippen LogP contribution in [0.5, 0.6) is 0 Å². The van der Waals surface area contributed by atoms with Gasteiger partial charge < -0.3 is 9.47 Å². The molecule has 0 spiro atoms. The van der Waals surface area contributed by atoms with Gasteiger partial charge in [0.15, 0.2) is 0 Å². The molecule has 0 saturated carbocycles. The minimum absolute atomic E-state index is 0.195. The third-order valence-electron chi connectivity index (χ3n) is 2.30. The number of esters is 1. The summed E-state index contributed by atoms with van der Waals surface area (Å²) in [5.74, 6) is 0.136. The lowest BCUT2D eigenvalue weighted by Crippen LogP contribution is -2.24. The number of ether oxygens (including phenoxy) is 2. The van der Waals surface area contributed by atoms with Crippen molar-refractivity contribution < 1.29 is 14.3 Å². The molecule has 1 saturated heterocycles. The molecule has 0 amide bonds. The van der Waals surface area contributed by atoms with E-state index in [9.17, 15) is 4.79 Å². The van der Waals surface area contributed by atoms with Gasteiger partial charge in [0.25, 0.3) is 0 Å². The minimum Gasteiger partial charge on any atom is -0.460 e. The highest BCUT2D eigenvalue weighted by atomic mass is 16.6. The van der Waals surface area contributed by atoms with Crippen LogP contribution >= 0.6 is 0 Å². The standard InChI is InChI=1S/C12H20O3/c1-9(10-5-6-14-8-10)7-11(13)15-12(2,3)4/h10H,1,5-8H2,2-4H3.